The summed E-state index contributed by atoms with van der Waals surface area (Å²) in [4.78, 5) is 0. The normalized spacial score (nSPS) is 10.3. The number of hydrogen-bond acceptors (Lipinski definition) is 3. The van der Waals surface area contributed by atoms with Crippen LogP contribution in [0, 0.1) is 11.3 Å². The number of benzene rings is 1. The summed E-state index contributed by atoms with van der Waals surface area (Å²) in [5, 5.41) is 23.9. The lowest BCUT2D eigenvalue weighted by atomic mass is 10.2. The Hall–Kier alpha value is -1.70. The van der Waals surface area contributed by atoms with Crippen LogP contribution in [-0.2, 0) is 6.42 Å². The summed E-state index contributed by atoms with van der Waals surface area (Å²) >= 11 is 11.9. The first-order chi connectivity index (χ1) is 8.58. The third kappa shape index (κ3) is 2.03. The van der Waals surface area contributed by atoms with Crippen molar-refractivity contribution < 1.29 is 5.11 Å². The molecule has 0 saturated carbocycles. The SMILES string of the molecule is CCc1c(C#N)nn(-c2ccc(Cl)cc2Cl)c1O. The summed E-state index contributed by atoms with van der Waals surface area (Å²) < 4.78 is 1.25. The molecule has 1 aromatic carbocycles. The van der Waals surface area contributed by atoms with E-state index in [-0.39, 0.29) is 11.6 Å². The van der Waals surface area contributed by atoms with Crippen molar-refractivity contribution in [2.45, 2.75) is 13.3 Å². The first-order valence-electron chi connectivity index (χ1n) is 5.24. The van der Waals surface area contributed by atoms with E-state index in [4.69, 9.17) is 28.5 Å². The van der Waals surface area contributed by atoms with Gasteiger partial charge in [0.05, 0.1) is 16.3 Å². The van der Waals surface area contributed by atoms with Gasteiger partial charge in [0.15, 0.2) is 5.69 Å². The van der Waals surface area contributed by atoms with Crippen LogP contribution < -0.4 is 0 Å². The van der Waals surface area contributed by atoms with Crippen molar-refractivity contribution in [3.8, 4) is 17.6 Å². The Morgan fingerprint density at radius 1 is 1.44 bits per heavy atom. The van der Waals surface area contributed by atoms with Crippen LogP contribution in [0.4, 0.5) is 0 Å². The maximum Gasteiger partial charge on any atom is 0.218 e. The Morgan fingerprint density at radius 3 is 2.67 bits per heavy atom. The molecule has 92 valence electrons. The number of halogens is 2. The zero-order chi connectivity index (χ0) is 13.3. The molecule has 18 heavy (non-hydrogen) atoms. The highest BCUT2D eigenvalue weighted by Crippen LogP contribution is 2.30. The highest BCUT2D eigenvalue weighted by Gasteiger charge is 2.18. The lowest BCUT2D eigenvalue weighted by Crippen LogP contribution is -1.97. The molecule has 0 radical (unpaired) electrons. The van der Waals surface area contributed by atoms with Crippen LogP contribution in [0.5, 0.6) is 5.88 Å². The van der Waals surface area contributed by atoms with E-state index in [1.807, 2.05) is 13.0 Å². The van der Waals surface area contributed by atoms with E-state index in [0.29, 0.717) is 27.7 Å². The van der Waals surface area contributed by atoms with Crippen molar-refractivity contribution in [3.05, 3.63) is 39.5 Å². The van der Waals surface area contributed by atoms with Crippen molar-refractivity contribution in [2.75, 3.05) is 0 Å². The van der Waals surface area contributed by atoms with Crippen molar-refractivity contribution >= 4 is 23.2 Å². The molecule has 2 aromatic rings. The van der Waals surface area contributed by atoms with Crippen molar-refractivity contribution in [1.29, 1.82) is 5.26 Å². The molecule has 0 aliphatic rings. The van der Waals surface area contributed by atoms with Gasteiger partial charge in [-0.05, 0) is 24.6 Å². The van der Waals surface area contributed by atoms with E-state index in [1.165, 1.54) is 4.68 Å². The number of hydrogen-bond donors (Lipinski definition) is 1. The summed E-state index contributed by atoms with van der Waals surface area (Å²) in [6, 6.07) is 6.78. The van der Waals surface area contributed by atoms with Gasteiger partial charge in [0.2, 0.25) is 5.88 Å². The minimum atomic E-state index is -0.0710. The quantitative estimate of drug-likeness (QED) is 0.919. The highest BCUT2D eigenvalue weighted by molar-refractivity contribution is 6.35. The van der Waals surface area contributed by atoms with Crippen LogP contribution in [0.25, 0.3) is 5.69 Å². The Balaban J connectivity index is 2.65. The Labute approximate surface area is 114 Å². The number of aromatic nitrogens is 2. The standard InChI is InChI=1S/C12H9Cl2N3O/c1-2-8-10(6-15)16-17(12(8)18)11-4-3-7(13)5-9(11)14/h3-5,18H,2H2,1H3. The van der Waals surface area contributed by atoms with Gasteiger partial charge in [-0.2, -0.15) is 15.0 Å². The Morgan fingerprint density at radius 2 is 2.17 bits per heavy atom. The second-order valence-electron chi connectivity index (χ2n) is 3.62. The van der Waals surface area contributed by atoms with Gasteiger partial charge in [-0.15, -0.1) is 0 Å². The molecular weight excluding hydrogens is 273 g/mol. The van der Waals surface area contributed by atoms with E-state index >= 15 is 0 Å². The number of rotatable bonds is 2. The number of nitrogens with zero attached hydrogens (tertiary/aromatic N) is 3. The van der Waals surface area contributed by atoms with E-state index in [2.05, 4.69) is 5.10 Å². The summed E-state index contributed by atoms with van der Waals surface area (Å²) in [5.74, 6) is -0.0710. The van der Waals surface area contributed by atoms with Gasteiger partial charge in [-0.1, -0.05) is 30.1 Å². The van der Waals surface area contributed by atoms with Crippen molar-refractivity contribution in [1.82, 2.24) is 9.78 Å². The molecular formula is C12H9Cl2N3O. The molecule has 0 bridgehead atoms. The lowest BCUT2D eigenvalue weighted by Gasteiger charge is -2.06. The second kappa shape index (κ2) is 4.89. The summed E-state index contributed by atoms with van der Waals surface area (Å²) in [7, 11) is 0. The largest absolute Gasteiger partial charge is 0.493 e. The smallest absolute Gasteiger partial charge is 0.218 e. The van der Waals surface area contributed by atoms with E-state index in [0.717, 1.165) is 0 Å². The molecule has 0 aliphatic heterocycles. The molecule has 2 rings (SSSR count). The topological polar surface area (TPSA) is 61.8 Å². The Kier molecular flexibility index (Phi) is 3.46. The fourth-order valence-corrected chi connectivity index (χ4v) is 2.17. The van der Waals surface area contributed by atoms with Gasteiger partial charge in [0.1, 0.15) is 6.07 Å². The predicted molar refractivity (Wildman–Crippen MR) is 69.3 cm³/mol. The predicted octanol–water partition coefficient (Wildman–Crippen LogP) is 3.32. The number of aromatic hydroxyl groups is 1. The van der Waals surface area contributed by atoms with Crippen LogP contribution in [-0.4, -0.2) is 14.9 Å². The minimum Gasteiger partial charge on any atom is -0.493 e. The molecule has 1 heterocycles. The molecule has 0 aliphatic carbocycles. The van der Waals surface area contributed by atoms with Crippen LogP contribution in [0.2, 0.25) is 10.0 Å². The third-order valence-electron chi connectivity index (χ3n) is 2.55. The van der Waals surface area contributed by atoms with Gasteiger partial charge in [0.25, 0.3) is 0 Å². The second-order valence-corrected chi connectivity index (χ2v) is 4.47. The minimum absolute atomic E-state index is 0.0710. The summed E-state index contributed by atoms with van der Waals surface area (Å²) in [6.45, 7) is 1.84. The summed E-state index contributed by atoms with van der Waals surface area (Å²) in [6.07, 6.45) is 0.514. The highest BCUT2D eigenvalue weighted by atomic mass is 35.5. The third-order valence-corrected chi connectivity index (χ3v) is 3.09. The monoisotopic (exact) mass is 281 g/mol. The maximum absolute atomic E-state index is 10.0. The van der Waals surface area contributed by atoms with Crippen LogP contribution >= 0.6 is 23.2 Å². The van der Waals surface area contributed by atoms with Gasteiger partial charge in [-0.25, -0.2) is 0 Å². The molecule has 4 nitrogen and oxygen atoms in total. The first kappa shape index (κ1) is 12.7. The average Bonchev–Trinajstić information content (AvgIpc) is 2.66. The fourth-order valence-electron chi connectivity index (χ4n) is 1.68. The van der Waals surface area contributed by atoms with E-state index in [1.54, 1.807) is 18.2 Å². The van der Waals surface area contributed by atoms with Crippen LogP contribution in [0.3, 0.4) is 0 Å². The molecule has 0 spiro atoms. The molecule has 0 saturated heterocycles. The molecule has 1 aromatic heterocycles. The molecule has 0 unspecified atom stereocenters. The first-order valence-corrected chi connectivity index (χ1v) is 6.00. The molecule has 0 amide bonds. The molecule has 6 heteroatoms. The van der Waals surface area contributed by atoms with Gasteiger partial charge >= 0.3 is 0 Å². The zero-order valence-corrected chi connectivity index (χ0v) is 11.0. The molecule has 0 atom stereocenters. The van der Waals surface area contributed by atoms with Crippen LogP contribution in [0.15, 0.2) is 18.2 Å². The van der Waals surface area contributed by atoms with Crippen LogP contribution in [0.1, 0.15) is 18.2 Å². The van der Waals surface area contributed by atoms with Gasteiger partial charge in [-0.3, -0.25) is 0 Å². The molecule has 0 fully saturated rings. The van der Waals surface area contributed by atoms with Gasteiger partial charge < -0.3 is 5.11 Å². The summed E-state index contributed by atoms with van der Waals surface area (Å²) in [5.41, 5.74) is 1.18. The fraction of sp³-hybridized carbons (Fsp3) is 0.167. The average molecular weight is 282 g/mol. The van der Waals surface area contributed by atoms with E-state index in [9.17, 15) is 5.11 Å². The Bertz CT molecular complexity index is 644. The molecule has 1 N–H and O–H groups in total. The van der Waals surface area contributed by atoms with Crippen molar-refractivity contribution in [2.24, 2.45) is 0 Å². The maximum atomic E-state index is 10.0. The lowest BCUT2D eigenvalue weighted by molar-refractivity contribution is 0.428. The zero-order valence-electron chi connectivity index (χ0n) is 9.48. The number of nitriles is 1. The van der Waals surface area contributed by atoms with Gasteiger partial charge in [0, 0.05) is 5.02 Å². The van der Waals surface area contributed by atoms with Crippen molar-refractivity contribution in [3.63, 3.8) is 0 Å². The van der Waals surface area contributed by atoms with E-state index < -0.39 is 0 Å².